The average Bonchev–Trinajstić information content (AvgIpc) is 2.94. The van der Waals surface area contributed by atoms with Gasteiger partial charge in [-0.05, 0) is 30.7 Å². The lowest BCUT2D eigenvalue weighted by Crippen LogP contribution is -2.41. The number of hydrogen-bond donors (Lipinski definition) is 0. The Morgan fingerprint density at radius 2 is 0.878 bits per heavy atom. The Kier molecular flexibility index (Phi) is 5.98. The summed E-state index contributed by atoms with van der Waals surface area (Å²) >= 11 is 27.7. The van der Waals surface area contributed by atoms with Crippen molar-refractivity contribution in [3.8, 4) is 0 Å². The number of halogens is 4. The van der Waals surface area contributed by atoms with Gasteiger partial charge < -0.3 is 0 Å². The third-order valence-corrected chi connectivity index (χ3v) is 9.57. The molecule has 2 heterocycles. The number of hydrogen-bond acceptors (Lipinski definition) is 4. The predicted octanol–water partition coefficient (Wildman–Crippen LogP) is 8.75. The molecule has 0 aromatic heterocycles. The lowest BCUT2D eigenvalue weighted by molar-refractivity contribution is 0.0603. The minimum atomic E-state index is -0.493. The Labute approximate surface area is 254 Å². The van der Waals surface area contributed by atoms with Crippen LogP contribution in [0.1, 0.15) is 74.0 Å². The Bertz CT molecular complexity index is 1960. The van der Waals surface area contributed by atoms with Gasteiger partial charge in [-0.1, -0.05) is 72.6 Å². The molecule has 7 rings (SSSR count). The maximum absolute atomic E-state index is 13.7. The topological polar surface area (TPSA) is 74.8 Å². The molecule has 10 heteroatoms. The highest BCUT2D eigenvalue weighted by Gasteiger charge is 2.38. The smallest absolute Gasteiger partial charge is 0.261 e. The molecule has 2 aliphatic rings. The molecule has 0 fully saturated rings. The summed E-state index contributed by atoms with van der Waals surface area (Å²) in [6, 6.07) is 6.18. The van der Waals surface area contributed by atoms with Crippen LogP contribution in [0, 0.1) is 0 Å². The van der Waals surface area contributed by atoms with Gasteiger partial charge in [-0.25, -0.2) is 0 Å². The summed E-state index contributed by atoms with van der Waals surface area (Å²) in [4.78, 5) is 56.1. The molecular formula is C31H20Cl4N2O4. The molecule has 0 bridgehead atoms. The fourth-order valence-electron chi connectivity index (χ4n) is 6.53. The highest BCUT2D eigenvalue weighted by Crippen LogP contribution is 2.53. The SMILES string of the molecule is CCCCCCN1C(=O)c2cc(Cl)c3c4c(Cl)cc5c6c(cc(Cl)c(c7c(Cl)cc(c2c37)C1=O)c64)C(=O)N(C)C5=O. The molecule has 0 unspecified atom stereocenters. The molecule has 5 aromatic carbocycles. The maximum Gasteiger partial charge on any atom is 0.261 e. The fourth-order valence-corrected chi connectivity index (χ4v) is 7.72. The van der Waals surface area contributed by atoms with E-state index in [1.165, 1.54) is 24.1 Å². The van der Waals surface area contributed by atoms with E-state index < -0.39 is 23.6 Å². The number of rotatable bonds is 5. The van der Waals surface area contributed by atoms with Crippen molar-refractivity contribution < 1.29 is 19.2 Å². The second kappa shape index (κ2) is 9.17. The van der Waals surface area contributed by atoms with Crippen molar-refractivity contribution in [2.75, 3.05) is 13.6 Å². The molecule has 6 nitrogen and oxygen atoms in total. The van der Waals surface area contributed by atoms with E-state index in [0.717, 1.165) is 24.2 Å². The van der Waals surface area contributed by atoms with Crippen LogP contribution in [-0.2, 0) is 0 Å². The minimum Gasteiger partial charge on any atom is -0.277 e. The Balaban J connectivity index is 1.65. The molecule has 0 spiro atoms. The number of benzene rings is 5. The fraction of sp³-hybridized carbons (Fsp3) is 0.226. The Morgan fingerprint density at radius 3 is 1.24 bits per heavy atom. The van der Waals surface area contributed by atoms with Gasteiger partial charge in [0.25, 0.3) is 23.6 Å². The van der Waals surface area contributed by atoms with E-state index in [2.05, 4.69) is 6.92 Å². The van der Waals surface area contributed by atoms with Gasteiger partial charge in [0.05, 0.1) is 22.3 Å². The highest BCUT2D eigenvalue weighted by atomic mass is 35.5. The van der Waals surface area contributed by atoms with Crippen LogP contribution in [-0.4, -0.2) is 47.0 Å². The molecule has 4 amide bonds. The van der Waals surface area contributed by atoms with Gasteiger partial charge >= 0.3 is 0 Å². The van der Waals surface area contributed by atoms with Crippen LogP contribution >= 0.6 is 46.4 Å². The van der Waals surface area contributed by atoms with E-state index in [1.54, 1.807) is 12.1 Å². The van der Waals surface area contributed by atoms with E-state index in [9.17, 15) is 19.2 Å². The van der Waals surface area contributed by atoms with Crippen molar-refractivity contribution in [2.24, 2.45) is 0 Å². The standard InChI is InChI=1S/C31H20Cl4N2O4/c1-3-4-5-6-7-37-30(40)14-10-18(34)24-22-16(32)8-12-20-13(29(39)36(2)28(12)38)9-17(33)23(26(20)22)25-19(35)11-15(31(37)41)21(14)27(24)25/h8-11H,3-7H2,1-2H3. The van der Waals surface area contributed by atoms with E-state index in [0.29, 0.717) is 67.2 Å². The van der Waals surface area contributed by atoms with Crippen molar-refractivity contribution in [3.05, 3.63) is 66.6 Å². The van der Waals surface area contributed by atoms with Crippen LogP contribution in [0.15, 0.2) is 24.3 Å². The van der Waals surface area contributed by atoms with Crippen LogP contribution in [0.5, 0.6) is 0 Å². The van der Waals surface area contributed by atoms with E-state index in [4.69, 9.17) is 46.4 Å². The number of imide groups is 2. The van der Waals surface area contributed by atoms with Crippen LogP contribution in [0.4, 0.5) is 0 Å². The van der Waals surface area contributed by atoms with Crippen molar-refractivity contribution in [3.63, 3.8) is 0 Å². The number of amides is 4. The predicted molar refractivity (Wildman–Crippen MR) is 164 cm³/mol. The summed E-state index contributed by atoms with van der Waals surface area (Å²) in [6.45, 7) is 2.38. The summed E-state index contributed by atoms with van der Waals surface area (Å²) in [5, 5.41) is 4.58. The first kappa shape index (κ1) is 26.7. The van der Waals surface area contributed by atoms with Gasteiger partial charge in [-0.2, -0.15) is 0 Å². The summed E-state index contributed by atoms with van der Waals surface area (Å²) in [5.41, 5.74) is 1.11. The second-order valence-corrected chi connectivity index (χ2v) is 12.2. The van der Waals surface area contributed by atoms with Gasteiger partial charge in [0.15, 0.2) is 0 Å². The normalized spacial score (nSPS) is 15.2. The summed E-state index contributed by atoms with van der Waals surface area (Å²) < 4.78 is 0. The zero-order valence-corrected chi connectivity index (χ0v) is 24.9. The highest BCUT2D eigenvalue weighted by molar-refractivity contribution is 6.56. The molecule has 0 atom stereocenters. The van der Waals surface area contributed by atoms with Crippen LogP contribution in [0.2, 0.25) is 20.1 Å². The number of carbonyl (C=O) groups excluding carboxylic acids is 4. The molecule has 206 valence electrons. The molecule has 0 N–H and O–H groups in total. The first-order valence-electron chi connectivity index (χ1n) is 13.2. The number of nitrogens with zero attached hydrogens (tertiary/aromatic N) is 2. The molecule has 5 aromatic rings. The van der Waals surface area contributed by atoms with Crippen molar-refractivity contribution in [1.29, 1.82) is 0 Å². The Hall–Kier alpha value is -3.16. The monoisotopic (exact) mass is 624 g/mol. The molecular weight excluding hydrogens is 606 g/mol. The first-order chi connectivity index (χ1) is 19.6. The van der Waals surface area contributed by atoms with Crippen LogP contribution in [0.3, 0.4) is 0 Å². The summed E-state index contributed by atoms with van der Waals surface area (Å²) in [5.74, 6) is -1.83. The number of fused-ring (bicyclic) bond motifs is 2. The molecule has 2 aliphatic heterocycles. The van der Waals surface area contributed by atoms with Crippen molar-refractivity contribution >= 4 is 113 Å². The van der Waals surface area contributed by atoms with Crippen molar-refractivity contribution in [1.82, 2.24) is 9.80 Å². The maximum atomic E-state index is 13.7. The zero-order chi connectivity index (χ0) is 29.1. The van der Waals surface area contributed by atoms with Gasteiger partial charge in [-0.3, -0.25) is 29.0 Å². The van der Waals surface area contributed by atoms with Crippen LogP contribution < -0.4 is 0 Å². The largest absolute Gasteiger partial charge is 0.277 e. The molecule has 0 radical (unpaired) electrons. The van der Waals surface area contributed by atoms with Gasteiger partial charge in [0.1, 0.15) is 0 Å². The molecule has 0 aliphatic carbocycles. The first-order valence-corrected chi connectivity index (χ1v) is 14.8. The summed E-state index contributed by atoms with van der Waals surface area (Å²) in [6.07, 6.45) is 3.63. The van der Waals surface area contributed by atoms with E-state index >= 15 is 0 Å². The van der Waals surface area contributed by atoms with E-state index in [1.807, 2.05) is 0 Å². The second-order valence-electron chi connectivity index (χ2n) is 10.6. The number of unbranched alkanes of at least 4 members (excludes halogenated alkanes) is 3. The van der Waals surface area contributed by atoms with Gasteiger partial charge in [0.2, 0.25) is 0 Å². The number of carbonyl (C=O) groups is 4. The molecule has 41 heavy (non-hydrogen) atoms. The average molecular weight is 626 g/mol. The molecule has 0 saturated heterocycles. The zero-order valence-electron chi connectivity index (χ0n) is 21.9. The third kappa shape index (κ3) is 3.39. The summed E-state index contributed by atoms with van der Waals surface area (Å²) in [7, 11) is 1.40. The lowest BCUT2D eigenvalue weighted by Gasteiger charge is -2.30. The van der Waals surface area contributed by atoms with Crippen LogP contribution in [0.25, 0.3) is 43.1 Å². The minimum absolute atomic E-state index is 0.216. The quantitative estimate of drug-likeness (QED) is 0.0847. The van der Waals surface area contributed by atoms with E-state index in [-0.39, 0.29) is 31.2 Å². The lowest BCUT2D eigenvalue weighted by atomic mass is 9.82. The van der Waals surface area contributed by atoms with Crippen molar-refractivity contribution in [2.45, 2.75) is 32.6 Å². The Morgan fingerprint density at radius 1 is 0.512 bits per heavy atom. The molecule has 0 saturated carbocycles. The van der Waals surface area contributed by atoms with Gasteiger partial charge in [-0.15, -0.1) is 0 Å². The third-order valence-electron chi connectivity index (χ3n) is 8.37. The van der Waals surface area contributed by atoms with Gasteiger partial charge in [0, 0.05) is 76.8 Å².